The van der Waals surface area contributed by atoms with Crippen LogP contribution in [0.4, 0.5) is 11.4 Å². The highest BCUT2D eigenvalue weighted by molar-refractivity contribution is 7.89. The summed E-state index contributed by atoms with van der Waals surface area (Å²) in [5.74, 6) is 0.713. The van der Waals surface area contributed by atoms with Gasteiger partial charge in [0.05, 0.1) is 11.4 Å². The van der Waals surface area contributed by atoms with Crippen LogP contribution in [0.5, 0.6) is 0 Å². The minimum atomic E-state index is -3.77. The quantitative estimate of drug-likeness (QED) is 0.837. The van der Waals surface area contributed by atoms with E-state index >= 15 is 0 Å². The fourth-order valence-corrected chi connectivity index (χ4v) is 4.63. The Labute approximate surface area is 126 Å². The Hall–Kier alpha value is -1.27. The smallest absolute Gasteiger partial charge is 0.240 e. The van der Waals surface area contributed by atoms with E-state index in [0.29, 0.717) is 17.6 Å². The third kappa shape index (κ3) is 2.74. The van der Waals surface area contributed by atoms with Gasteiger partial charge in [0, 0.05) is 12.6 Å². The summed E-state index contributed by atoms with van der Waals surface area (Å²) in [6.07, 6.45) is 7.47. The van der Waals surface area contributed by atoms with Crippen molar-refractivity contribution in [3.05, 3.63) is 18.2 Å². The van der Waals surface area contributed by atoms with Gasteiger partial charge in [0.1, 0.15) is 4.90 Å². The van der Waals surface area contributed by atoms with Crippen molar-refractivity contribution in [1.29, 1.82) is 0 Å². The van der Waals surface area contributed by atoms with Gasteiger partial charge in [-0.2, -0.15) is 0 Å². The van der Waals surface area contributed by atoms with Gasteiger partial charge < -0.3 is 10.6 Å². The van der Waals surface area contributed by atoms with E-state index < -0.39 is 10.0 Å². The first kappa shape index (κ1) is 14.7. The average molecular weight is 309 g/mol. The van der Waals surface area contributed by atoms with Gasteiger partial charge in [0.25, 0.3) is 0 Å². The number of hydrogen-bond acceptors (Lipinski definition) is 4. The average Bonchev–Trinajstić information content (AvgIpc) is 3.08. The summed E-state index contributed by atoms with van der Waals surface area (Å²) in [4.78, 5) is 2.34. The van der Waals surface area contributed by atoms with E-state index in [-0.39, 0.29) is 4.90 Å². The van der Waals surface area contributed by atoms with Crippen molar-refractivity contribution >= 4 is 21.4 Å². The number of sulfonamides is 1. The molecule has 0 amide bonds. The molecule has 1 aromatic rings. The molecular weight excluding hydrogens is 286 g/mol. The third-order valence-electron chi connectivity index (χ3n) is 4.90. The van der Waals surface area contributed by atoms with Crippen molar-refractivity contribution in [2.45, 2.75) is 49.5 Å². The molecule has 0 spiro atoms. The number of rotatable bonds is 3. The number of hydrogen-bond donors (Lipinski definition) is 2. The van der Waals surface area contributed by atoms with Crippen LogP contribution in [0.3, 0.4) is 0 Å². The molecule has 1 unspecified atom stereocenters. The van der Waals surface area contributed by atoms with Crippen molar-refractivity contribution in [2.24, 2.45) is 11.1 Å². The Balaban J connectivity index is 1.96. The van der Waals surface area contributed by atoms with Gasteiger partial charge in [-0.3, -0.25) is 0 Å². The number of anilines is 2. The number of benzene rings is 1. The van der Waals surface area contributed by atoms with Crippen molar-refractivity contribution in [1.82, 2.24) is 0 Å². The van der Waals surface area contributed by atoms with Gasteiger partial charge in [0.2, 0.25) is 10.0 Å². The van der Waals surface area contributed by atoms with Crippen LogP contribution >= 0.6 is 0 Å². The molecule has 0 radical (unpaired) electrons. The van der Waals surface area contributed by atoms with E-state index in [1.807, 2.05) is 6.07 Å². The molecule has 1 aliphatic heterocycles. The molecule has 1 heterocycles. The van der Waals surface area contributed by atoms with E-state index in [1.54, 1.807) is 6.07 Å². The van der Waals surface area contributed by atoms with Gasteiger partial charge in [-0.05, 0) is 43.7 Å². The van der Waals surface area contributed by atoms with Crippen LogP contribution in [-0.2, 0) is 10.0 Å². The minimum Gasteiger partial charge on any atom is -0.396 e. The maximum atomic E-state index is 11.6. The summed E-state index contributed by atoms with van der Waals surface area (Å²) in [6.45, 7) is 0.944. The molecule has 5 nitrogen and oxygen atoms in total. The number of nitrogen functional groups attached to an aromatic ring is 1. The molecular formula is C15H23N3O2S. The summed E-state index contributed by atoms with van der Waals surface area (Å²) in [5.41, 5.74) is 7.24. The van der Waals surface area contributed by atoms with Crippen LogP contribution < -0.4 is 15.8 Å². The lowest BCUT2D eigenvalue weighted by molar-refractivity contribution is 0.431. The topological polar surface area (TPSA) is 89.4 Å². The van der Waals surface area contributed by atoms with E-state index in [2.05, 4.69) is 4.90 Å². The zero-order valence-corrected chi connectivity index (χ0v) is 13.0. The third-order valence-corrected chi connectivity index (χ3v) is 5.87. The fourth-order valence-electron chi connectivity index (χ4n) is 3.95. The first-order valence-corrected chi connectivity index (χ1v) is 9.21. The molecule has 2 fully saturated rings. The number of nitrogens with two attached hydrogens (primary N) is 2. The predicted octanol–water partition coefficient (Wildman–Crippen LogP) is 2.08. The zero-order valence-electron chi connectivity index (χ0n) is 12.2. The summed E-state index contributed by atoms with van der Waals surface area (Å²) in [7, 11) is -3.77. The SMILES string of the molecule is Nc1c(N2CCCC2C2CCCC2)cccc1S(N)(=O)=O. The van der Waals surface area contributed by atoms with Crippen LogP contribution in [0, 0.1) is 5.92 Å². The second kappa shape index (κ2) is 5.50. The molecule has 116 valence electrons. The lowest BCUT2D eigenvalue weighted by Gasteiger charge is -2.32. The summed E-state index contributed by atoms with van der Waals surface area (Å²) in [6, 6.07) is 5.62. The first-order valence-electron chi connectivity index (χ1n) is 7.66. The van der Waals surface area contributed by atoms with Crippen LogP contribution in [-0.4, -0.2) is 21.0 Å². The maximum Gasteiger partial charge on any atom is 0.240 e. The number of para-hydroxylation sites is 1. The molecule has 6 heteroatoms. The molecule has 1 saturated heterocycles. The Kier molecular flexibility index (Phi) is 3.84. The van der Waals surface area contributed by atoms with E-state index in [4.69, 9.17) is 10.9 Å². The summed E-state index contributed by atoms with van der Waals surface area (Å²) >= 11 is 0. The molecule has 1 saturated carbocycles. The summed E-state index contributed by atoms with van der Waals surface area (Å²) < 4.78 is 23.3. The van der Waals surface area contributed by atoms with Crippen molar-refractivity contribution in [3.63, 3.8) is 0 Å². The Morgan fingerprint density at radius 3 is 2.48 bits per heavy atom. The Morgan fingerprint density at radius 2 is 1.81 bits per heavy atom. The van der Waals surface area contributed by atoms with Gasteiger partial charge >= 0.3 is 0 Å². The van der Waals surface area contributed by atoms with Crippen molar-refractivity contribution in [2.75, 3.05) is 17.2 Å². The van der Waals surface area contributed by atoms with Crippen LogP contribution in [0.2, 0.25) is 0 Å². The van der Waals surface area contributed by atoms with Crippen molar-refractivity contribution in [3.8, 4) is 0 Å². The van der Waals surface area contributed by atoms with E-state index in [9.17, 15) is 8.42 Å². The van der Waals surface area contributed by atoms with Crippen LogP contribution in [0.15, 0.2) is 23.1 Å². The molecule has 0 bridgehead atoms. The van der Waals surface area contributed by atoms with Gasteiger partial charge in [-0.15, -0.1) is 0 Å². The molecule has 1 aromatic carbocycles. The molecule has 21 heavy (non-hydrogen) atoms. The van der Waals surface area contributed by atoms with E-state index in [1.165, 1.54) is 38.2 Å². The molecule has 4 N–H and O–H groups in total. The van der Waals surface area contributed by atoms with Gasteiger partial charge in [-0.1, -0.05) is 18.9 Å². The summed E-state index contributed by atoms with van der Waals surface area (Å²) in [5, 5.41) is 5.26. The Morgan fingerprint density at radius 1 is 1.10 bits per heavy atom. The second-order valence-electron chi connectivity index (χ2n) is 6.18. The first-order chi connectivity index (χ1) is 9.98. The highest BCUT2D eigenvalue weighted by atomic mass is 32.2. The highest BCUT2D eigenvalue weighted by Gasteiger charge is 2.34. The maximum absolute atomic E-state index is 11.6. The number of nitrogens with zero attached hydrogens (tertiary/aromatic N) is 1. The molecule has 1 aliphatic carbocycles. The molecule has 3 rings (SSSR count). The lowest BCUT2D eigenvalue weighted by Crippen LogP contribution is -2.35. The van der Waals surface area contributed by atoms with Crippen molar-refractivity contribution < 1.29 is 8.42 Å². The zero-order chi connectivity index (χ0) is 15.0. The predicted molar refractivity (Wildman–Crippen MR) is 84.6 cm³/mol. The normalized spacial score (nSPS) is 23.9. The molecule has 0 aromatic heterocycles. The standard InChI is InChI=1S/C15H23N3O2S/c16-15-13(7-3-9-14(15)21(17,19)20)18-10-4-8-12(18)11-5-1-2-6-11/h3,7,9,11-12H,1-2,4-6,8,10,16H2,(H2,17,19,20). The largest absolute Gasteiger partial charge is 0.396 e. The van der Waals surface area contributed by atoms with Gasteiger partial charge in [-0.25, -0.2) is 13.6 Å². The number of primary sulfonamides is 1. The monoisotopic (exact) mass is 309 g/mol. The minimum absolute atomic E-state index is 0.0390. The van der Waals surface area contributed by atoms with Gasteiger partial charge in [0.15, 0.2) is 0 Å². The second-order valence-corrected chi connectivity index (χ2v) is 7.71. The van der Waals surface area contributed by atoms with Crippen LogP contribution in [0.1, 0.15) is 38.5 Å². The molecule has 1 atom stereocenters. The lowest BCUT2D eigenvalue weighted by atomic mass is 9.95. The van der Waals surface area contributed by atoms with Crippen LogP contribution in [0.25, 0.3) is 0 Å². The van der Waals surface area contributed by atoms with E-state index in [0.717, 1.165) is 18.7 Å². The Bertz CT molecular complexity index is 624. The highest BCUT2D eigenvalue weighted by Crippen LogP contribution is 2.40. The molecule has 2 aliphatic rings. The fraction of sp³-hybridized carbons (Fsp3) is 0.600.